The first-order valence-electron chi connectivity index (χ1n) is 11.1. The molecule has 2 aliphatic rings. The van der Waals surface area contributed by atoms with Crippen molar-refractivity contribution in [2.24, 2.45) is 11.8 Å². The van der Waals surface area contributed by atoms with E-state index in [0.717, 1.165) is 25.1 Å². The van der Waals surface area contributed by atoms with E-state index in [1.807, 2.05) is 11.0 Å². The van der Waals surface area contributed by atoms with Gasteiger partial charge in [0.1, 0.15) is 5.69 Å². The fourth-order valence-electron chi connectivity index (χ4n) is 4.76. The Labute approximate surface area is 170 Å². The van der Waals surface area contributed by atoms with Crippen molar-refractivity contribution >= 4 is 5.91 Å². The summed E-state index contributed by atoms with van der Waals surface area (Å²) in [5.41, 5.74) is 1.60. The summed E-state index contributed by atoms with van der Waals surface area (Å²) in [6.45, 7) is 8.90. The Kier molecular flexibility index (Phi) is 7.91. The van der Waals surface area contributed by atoms with Crippen LogP contribution in [-0.2, 0) is 11.2 Å². The van der Waals surface area contributed by atoms with E-state index in [-0.39, 0.29) is 5.91 Å². The van der Waals surface area contributed by atoms with Crippen molar-refractivity contribution in [1.82, 2.24) is 20.0 Å². The number of fused-ring (bicyclic) bond motifs is 1. The number of piperidine rings is 2. The van der Waals surface area contributed by atoms with Crippen LogP contribution in [0.4, 0.5) is 0 Å². The van der Waals surface area contributed by atoms with Crippen LogP contribution in [0.1, 0.15) is 68.6 Å². The van der Waals surface area contributed by atoms with Gasteiger partial charge in [0, 0.05) is 31.9 Å². The lowest BCUT2D eigenvalue weighted by atomic mass is 9.83. The summed E-state index contributed by atoms with van der Waals surface area (Å²) in [5, 5.41) is 7.40. The number of aromatic amines is 1. The molecular weight excluding hydrogens is 352 g/mol. The molecule has 0 aromatic carbocycles. The fourth-order valence-corrected chi connectivity index (χ4v) is 4.76. The zero-order chi connectivity index (χ0) is 19.9. The summed E-state index contributed by atoms with van der Waals surface area (Å²) >= 11 is 0. The van der Waals surface area contributed by atoms with Crippen molar-refractivity contribution in [3.05, 3.63) is 17.5 Å². The molecule has 1 aromatic heterocycles. The number of carbonyl (C=O) groups is 1. The maximum Gasteiger partial charge on any atom is 0.274 e. The van der Waals surface area contributed by atoms with Crippen LogP contribution in [0.15, 0.2) is 6.07 Å². The number of hydrogen-bond donors (Lipinski definition) is 1. The fraction of sp³-hybridized carbons (Fsp3) is 0.818. The number of aromatic nitrogens is 2. The number of rotatable bonds is 9. The second kappa shape index (κ2) is 10.4. The number of hydrogen-bond acceptors (Lipinski definition) is 4. The zero-order valence-electron chi connectivity index (χ0n) is 18.0. The quantitative estimate of drug-likeness (QED) is 0.702. The third-order valence-corrected chi connectivity index (χ3v) is 6.38. The maximum absolute atomic E-state index is 13.2. The predicted octanol–water partition coefficient (Wildman–Crippen LogP) is 3.35. The Morgan fingerprint density at radius 2 is 2.14 bits per heavy atom. The van der Waals surface area contributed by atoms with E-state index in [1.165, 1.54) is 45.2 Å². The van der Waals surface area contributed by atoms with Gasteiger partial charge in [0.2, 0.25) is 0 Å². The SMILES string of the molecule is COCCN(C[C@@H]1CCCN2CCCC[C@@H]12)C(=O)c1cc(CCC(C)C)[nH]n1. The Balaban J connectivity index is 1.66. The molecule has 0 aliphatic carbocycles. The number of carbonyl (C=O) groups excluding carboxylic acids is 1. The third-order valence-electron chi connectivity index (χ3n) is 6.38. The van der Waals surface area contributed by atoms with Crippen molar-refractivity contribution in [1.29, 1.82) is 0 Å². The average Bonchev–Trinajstić information content (AvgIpc) is 3.18. The van der Waals surface area contributed by atoms with Crippen LogP contribution in [0, 0.1) is 11.8 Å². The second-order valence-electron chi connectivity index (χ2n) is 8.96. The van der Waals surface area contributed by atoms with Gasteiger partial charge in [-0.15, -0.1) is 0 Å². The predicted molar refractivity (Wildman–Crippen MR) is 111 cm³/mol. The highest BCUT2D eigenvalue weighted by Crippen LogP contribution is 2.31. The normalized spacial score (nSPS) is 23.0. The van der Waals surface area contributed by atoms with Gasteiger partial charge in [-0.1, -0.05) is 20.3 Å². The van der Waals surface area contributed by atoms with Gasteiger partial charge >= 0.3 is 0 Å². The highest BCUT2D eigenvalue weighted by atomic mass is 16.5. The smallest absolute Gasteiger partial charge is 0.274 e. The minimum atomic E-state index is 0.0389. The molecule has 2 aliphatic heterocycles. The lowest BCUT2D eigenvalue weighted by molar-refractivity contribution is 0.0313. The molecule has 0 spiro atoms. The maximum atomic E-state index is 13.2. The number of ether oxygens (including phenoxy) is 1. The Morgan fingerprint density at radius 1 is 1.32 bits per heavy atom. The average molecular weight is 391 g/mol. The molecule has 0 bridgehead atoms. The van der Waals surface area contributed by atoms with E-state index in [9.17, 15) is 4.79 Å². The van der Waals surface area contributed by atoms with Gasteiger partial charge in [-0.25, -0.2) is 0 Å². The van der Waals surface area contributed by atoms with Crippen molar-refractivity contribution in [2.75, 3.05) is 39.9 Å². The summed E-state index contributed by atoms with van der Waals surface area (Å²) in [6.07, 6.45) is 8.43. The highest BCUT2D eigenvalue weighted by Gasteiger charge is 2.35. The molecule has 2 atom stereocenters. The molecule has 2 saturated heterocycles. The molecule has 1 amide bonds. The first kappa shape index (κ1) is 21.3. The van der Waals surface area contributed by atoms with Gasteiger partial charge in [-0.3, -0.25) is 9.89 Å². The molecule has 158 valence electrons. The standard InChI is InChI=1S/C22H38N4O2/c1-17(2)9-10-19-15-20(24-23-19)22(27)26(13-14-28-3)16-18-7-6-12-25-11-5-4-8-21(18)25/h15,17-18,21H,4-14,16H2,1-3H3,(H,23,24)/t18-,21-/m0/s1. The summed E-state index contributed by atoms with van der Waals surface area (Å²) in [6, 6.07) is 2.58. The molecule has 1 aromatic rings. The number of H-pyrrole nitrogens is 1. The largest absolute Gasteiger partial charge is 0.383 e. The lowest BCUT2D eigenvalue weighted by Crippen LogP contribution is -2.52. The van der Waals surface area contributed by atoms with Crippen molar-refractivity contribution < 1.29 is 9.53 Å². The summed E-state index contributed by atoms with van der Waals surface area (Å²) in [4.78, 5) is 17.9. The first-order valence-corrected chi connectivity index (χ1v) is 11.1. The van der Waals surface area contributed by atoms with E-state index < -0.39 is 0 Å². The van der Waals surface area contributed by atoms with E-state index in [4.69, 9.17) is 4.74 Å². The summed E-state index contributed by atoms with van der Waals surface area (Å²) in [5.74, 6) is 1.25. The molecule has 6 heteroatoms. The topological polar surface area (TPSA) is 61.5 Å². The van der Waals surface area contributed by atoms with Gasteiger partial charge < -0.3 is 14.5 Å². The number of amides is 1. The van der Waals surface area contributed by atoms with Crippen molar-refractivity contribution in [3.8, 4) is 0 Å². The molecule has 28 heavy (non-hydrogen) atoms. The third kappa shape index (κ3) is 5.57. The molecule has 2 fully saturated rings. The molecule has 0 saturated carbocycles. The molecule has 0 unspecified atom stereocenters. The monoisotopic (exact) mass is 390 g/mol. The lowest BCUT2D eigenvalue weighted by Gasteiger charge is -2.45. The minimum absolute atomic E-state index is 0.0389. The molecular formula is C22H38N4O2. The van der Waals surface area contributed by atoms with Crippen LogP contribution in [0.25, 0.3) is 0 Å². The van der Waals surface area contributed by atoms with Crippen LogP contribution in [0.3, 0.4) is 0 Å². The second-order valence-corrected chi connectivity index (χ2v) is 8.96. The van der Waals surface area contributed by atoms with Crippen LogP contribution >= 0.6 is 0 Å². The number of nitrogens with one attached hydrogen (secondary N) is 1. The summed E-state index contributed by atoms with van der Waals surface area (Å²) < 4.78 is 5.29. The van der Waals surface area contributed by atoms with Crippen LogP contribution < -0.4 is 0 Å². The molecule has 3 heterocycles. The number of aryl methyl sites for hydroxylation is 1. The first-order chi connectivity index (χ1) is 13.6. The number of methoxy groups -OCH3 is 1. The van der Waals surface area contributed by atoms with E-state index in [2.05, 4.69) is 28.9 Å². The van der Waals surface area contributed by atoms with Gasteiger partial charge in [0.05, 0.1) is 6.61 Å². The Morgan fingerprint density at radius 3 is 2.93 bits per heavy atom. The Hall–Kier alpha value is -1.40. The van der Waals surface area contributed by atoms with E-state index >= 15 is 0 Å². The van der Waals surface area contributed by atoms with Crippen LogP contribution in [0.5, 0.6) is 0 Å². The van der Waals surface area contributed by atoms with Crippen molar-refractivity contribution in [3.63, 3.8) is 0 Å². The molecule has 6 nitrogen and oxygen atoms in total. The van der Waals surface area contributed by atoms with Gasteiger partial charge in [0.15, 0.2) is 0 Å². The molecule has 0 radical (unpaired) electrons. The van der Waals surface area contributed by atoms with E-state index in [1.54, 1.807) is 7.11 Å². The summed E-state index contributed by atoms with van der Waals surface area (Å²) in [7, 11) is 1.70. The van der Waals surface area contributed by atoms with Gasteiger partial charge in [0.25, 0.3) is 5.91 Å². The molecule has 3 rings (SSSR count). The van der Waals surface area contributed by atoms with E-state index in [0.29, 0.717) is 36.7 Å². The molecule has 1 N–H and O–H groups in total. The highest BCUT2D eigenvalue weighted by molar-refractivity contribution is 5.92. The minimum Gasteiger partial charge on any atom is -0.383 e. The number of nitrogens with zero attached hydrogens (tertiary/aromatic N) is 3. The van der Waals surface area contributed by atoms with Gasteiger partial charge in [-0.05, 0) is 69.5 Å². The van der Waals surface area contributed by atoms with Crippen LogP contribution in [0.2, 0.25) is 0 Å². The van der Waals surface area contributed by atoms with Crippen molar-refractivity contribution in [2.45, 2.75) is 64.8 Å². The zero-order valence-corrected chi connectivity index (χ0v) is 18.0. The van der Waals surface area contributed by atoms with Gasteiger partial charge in [-0.2, -0.15) is 5.10 Å². The Bertz CT molecular complexity index is 613. The van der Waals surface area contributed by atoms with Crippen LogP contribution in [-0.4, -0.2) is 71.8 Å².